The molecule has 0 saturated heterocycles. The third kappa shape index (κ3) is 11.4. The van der Waals surface area contributed by atoms with Gasteiger partial charge in [0.2, 0.25) is 10.0 Å². The predicted molar refractivity (Wildman–Crippen MR) is 61.6 cm³/mol. The van der Waals surface area contributed by atoms with E-state index in [1.165, 1.54) is 0 Å². The summed E-state index contributed by atoms with van der Waals surface area (Å²) < 4.78 is 28.5. The Bertz CT molecular complexity index is 290. The lowest BCUT2D eigenvalue weighted by Gasteiger charge is -2.05. The molecule has 0 aromatic carbocycles. The minimum atomic E-state index is -3.15. The van der Waals surface area contributed by atoms with Crippen molar-refractivity contribution in [2.45, 2.75) is 19.8 Å². The van der Waals surface area contributed by atoms with Crippen LogP contribution in [0.4, 0.5) is 0 Å². The second-order valence-corrected chi connectivity index (χ2v) is 5.25. The first kappa shape index (κ1) is 15.3. The molecule has 6 nitrogen and oxygen atoms in total. The summed E-state index contributed by atoms with van der Waals surface area (Å²) in [6.45, 7) is 3.23. The number of esters is 1. The van der Waals surface area contributed by atoms with E-state index in [4.69, 9.17) is 4.74 Å². The summed E-state index contributed by atoms with van der Waals surface area (Å²) in [4.78, 5) is 11.1. The van der Waals surface area contributed by atoms with Crippen LogP contribution in [0.5, 0.6) is 0 Å². The van der Waals surface area contributed by atoms with E-state index in [0.29, 0.717) is 13.2 Å². The SMILES string of the molecule is CCCCOC(=O)CNCCNS(C)(=O)=O. The smallest absolute Gasteiger partial charge is 0.319 e. The van der Waals surface area contributed by atoms with Crippen LogP contribution in [-0.2, 0) is 19.6 Å². The number of rotatable bonds is 9. The monoisotopic (exact) mass is 252 g/mol. The van der Waals surface area contributed by atoms with Crippen LogP contribution in [0.3, 0.4) is 0 Å². The molecule has 2 N–H and O–H groups in total. The molecule has 0 unspecified atom stereocenters. The van der Waals surface area contributed by atoms with E-state index in [2.05, 4.69) is 10.0 Å². The maximum atomic E-state index is 11.1. The standard InChI is InChI=1S/C9H20N2O4S/c1-3-4-7-15-9(12)8-10-5-6-11-16(2,13)14/h10-11H,3-8H2,1-2H3. The third-order valence-corrected chi connectivity index (χ3v) is 2.42. The Labute approximate surface area is 96.8 Å². The van der Waals surface area contributed by atoms with Gasteiger partial charge in [-0.25, -0.2) is 13.1 Å². The lowest BCUT2D eigenvalue weighted by atomic mass is 10.4. The Balaban J connectivity index is 3.34. The van der Waals surface area contributed by atoms with Crippen LogP contribution >= 0.6 is 0 Å². The molecular weight excluding hydrogens is 232 g/mol. The van der Waals surface area contributed by atoms with Crippen molar-refractivity contribution in [1.82, 2.24) is 10.0 Å². The molecule has 0 fully saturated rings. The van der Waals surface area contributed by atoms with Gasteiger partial charge in [0, 0.05) is 13.1 Å². The Hall–Kier alpha value is -0.660. The van der Waals surface area contributed by atoms with Crippen molar-refractivity contribution in [3.05, 3.63) is 0 Å². The largest absolute Gasteiger partial charge is 0.465 e. The Morgan fingerprint density at radius 1 is 1.31 bits per heavy atom. The van der Waals surface area contributed by atoms with Crippen molar-refractivity contribution in [2.24, 2.45) is 0 Å². The minimum Gasteiger partial charge on any atom is -0.465 e. The normalized spacial score (nSPS) is 11.4. The van der Waals surface area contributed by atoms with Gasteiger partial charge in [-0.2, -0.15) is 0 Å². The topological polar surface area (TPSA) is 84.5 Å². The maximum Gasteiger partial charge on any atom is 0.319 e. The fourth-order valence-electron chi connectivity index (χ4n) is 0.897. The van der Waals surface area contributed by atoms with Crippen LogP contribution < -0.4 is 10.0 Å². The number of carbonyl (C=O) groups is 1. The van der Waals surface area contributed by atoms with Gasteiger partial charge in [-0.15, -0.1) is 0 Å². The van der Waals surface area contributed by atoms with Gasteiger partial charge in [-0.05, 0) is 6.42 Å². The van der Waals surface area contributed by atoms with Gasteiger partial charge in [-0.3, -0.25) is 4.79 Å². The molecule has 0 aromatic heterocycles. The number of sulfonamides is 1. The van der Waals surface area contributed by atoms with Gasteiger partial charge in [0.25, 0.3) is 0 Å². The van der Waals surface area contributed by atoms with Gasteiger partial charge in [0.15, 0.2) is 0 Å². The number of nitrogens with one attached hydrogen (secondary N) is 2. The second-order valence-electron chi connectivity index (χ2n) is 3.42. The van der Waals surface area contributed by atoms with E-state index in [1.54, 1.807) is 0 Å². The van der Waals surface area contributed by atoms with Gasteiger partial charge in [0.1, 0.15) is 0 Å². The van der Waals surface area contributed by atoms with Crippen molar-refractivity contribution in [2.75, 3.05) is 32.5 Å². The van der Waals surface area contributed by atoms with Crippen LogP contribution in [-0.4, -0.2) is 46.9 Å². The van der Waals surface area contributed by atoms with E-state index in [9.17, 15) is 13.2 Å². The van der Waals surface area contributed by atoms with Crippen LogP contribution in [0.2, 0.25) is 0 Å². The number of unbranched alkanes of at least 4 members (excludes halogenated alkanes) is 1. The molecule has 0 radical (unpaired) electrons. The molecule has 96 valence electrons. The Morgan fingerprint density at radius 3 is 2.56 bits per heavy atom. The first-order chi connectivity index (χ1) is 7.45. The zero-order valence-electron chi connectivity index (χ0n) is 9.78. The minimum absolute atomic E-state index is 0.106. The molecule has 0 rings (SSSR count). The number of hydrogen-bond acceptors (Lipinski definition) is 5. The zero-order valence-corrected chi connectivity index (χ0v) is 10.6. The summed E-state index contributed by atoms with van der Waals surface area (Å²) in [5.74, 6) is -0.312. The van der Waals surface area contributed by atoms with Gasteiger partial charge in [0.05, 0.1) is 19.4 Å². The molecule has 0 atom stereocenters. The Kier molecular flexibility index (Phi) is 8.14. The van der Waals surface area contributed by atoms with Crippen LogP contribution in [0.25, 0.3) is 0 Å². The summed E-state index contributed by atoms with van der Waals surface area (Å²) in [7, 11) is -3.15. The fraction of sp³-hybridized carbons (Fsp3) is 0.889. The predicted octanol–water partition coefficient (Wildman–Crippen LogP) is -0.531. The zero-order chi connectivity index (χ0) is 12.4. The van der Waals surface area contributed by atoms with Crippen molar-refractivity contribution in [3.8, 4) is 0 Å². The maximum absolute atomic E-state index is 11.1. The molecule has 0 saturated carbocycles. The molecule has 0 bridgehead atoms. The van der Waals surface area contributed by atoms with Crippen LogP contribution in [0, 0.1) is 0 Å². The average Bonchev–Trinajstić information content (AvgIpc) is 2.16. The molecule has 0 heterocycles. The molecule has 7 heteroatoms. The molecule has 0 spiro atoms. The average molecular weight is 252 g/mol. The second kappa shape index (κ2) is 8.49. The lowest BCUT2D eigenvalue weighted by molar-refractivity contribution is -0.142. The number of carbonyl (C=O) groups excluding carboxylic acids is 1. The molecule has 0 aliphatic heterocycles. The highest BCUT2D eigenvalue weighted by Crippen LogP contribution is 1.87. The summed E-state index contributed by atoms with van der Waals surface area (Å²) in [5, 5.41) is 2.78. The van der Waals surface area contributed by atoms with E-state index >= 15 is 0 Å². The number of hydrogen-bond donors (Lipinski definition) is 2. The van der Waals surface area contributed by atoms with Gasteiger partial charge < -0.3 is 10.1 Å². The van der Waals surface area contributed by atoms with Gasteiger partial charge in [-0.1, -0.05) is 13.3 Å². The highest BCUT2D eigenvalue weighted by atomic mass is 32.2. The molecule has 0 aromatic rings. The van der Waals surface area contributed by atoms with Crippen molar-refractivity contribution < 1.29 is 17.9 Å². The highest BCUT2D eigenvalue weighted by Gasteiger charge is 2.02. The quantitative estimate of drug-likeness (QED) is 0.425. The van der Waals surface area contributed by atoms with Crippen LogP contribution in [0.15, 0.2) is 0 Å². The van der Waals surface area contributed by atoms with E-state index in [0.717, 1.165) is 19.1 Å². The first-order valence-corrected chi connectivity index (χ1v) is 7.16. The van der Waals surface area contributed by atoms with Crippen LogP contribution in [0.1, 0.15) is 19.8 Å². The van der Waals surface area contributed by atoms with Crippen molar-refractivity contribution >= 4 is 16.0 Å². The van der Waals surface area contributed by atoms with Gasteiger partial charge >= 0.3 is 5.97 Å². The molecule has 16 heavy (non-hydrogen) atoms. The summed E-state index contributed by atoms with van der Waals surface area (Å²) in [5.41, 5.74) is 0. The highest BCUT2D eigenvalue weighted by molar-refractivity contribution is 7.88. The van der Waals surface area contributed by atoms with Crippen molar-refractivity contribution in [3.63, 3.8) is 0 Å². The first-order valence-electron chi connectivity index (χ1n) is 5.26. The summed E-state index contributed by atoms with van der Waals surface area (Å²) in [6, 6.07) is 0. The summed E-state index contributed by atoms with van der Waals surface area (Å²) in [6.07, 6.45) is 2.94. The molecule has 0 aliphatic carbocycles. The van der Waals surface area contributed by atoms with E-state index in [1.807, 2.05) is 6.92 Å². The van der Waals surface area contributed by atoms with Crippen molar-refractivity contribution in [1.29, 1.82) is 0 Å². The lowest BCUT2D eigenvalue weighted by Crippen LogP contribution is -2.34. The third-order valence-electron chi connectivity index (χ3n) is 1.70. The fourth-order valence-corrected chi connectivity index (χ4v) is 1.37. The number of ether oxygens (including phenoxy) is 1. The summed E-state index contributed by atoms with van der Waals surface area (Å²) >= 11 is 0. The Morgan fingerprint density at radius 2 is 2.00 bits per heavy atom. The molecule has 0 amide bonds. The van der Waals surface area contributed by atoms with E-state index in [-0.39, 0.29) is 19.1 Å². The molecule has 0 aliphatic rings. The van der Waals surface area contributed by atoms with E-state index < -0.39 is 10.0 Å². The molecular formula is C9H20N2O4S.